The number of oxazole rings is 1. The smallest absolute Gasteiger partial charge is 0.266 e. The summed E-state index contributed by atoms with van der Waals surface area (Å²) in [5.74, 6) is 1.12. The average molecular weight is 443 g/mol. The third kappa shape index (κ3) is 4.34. The van der Waals surface area contributed by atoms with Gasteiger partial charge in [0.2, 0.25) is 17.5 Å². The zero-order chi connectivity index (χ0) is 22.6. The van der Waals surface area contributed by atoms with Gasteiger partial charge in [-0.3, -0.25) is 4.79 Å². The summed E-state index contributed by atoms with van der Waals surface area (Å²) in [4.78, 5) is 22.8. The van der Waals surface area contributed by atoms with Crippen molar-refractivity contribution in [1.82, 2.24) is 25.1 Å². The topological polar surface area (TPSA) is 126 Å². The molecule has 1 aliphatic heterocycles. The molecule has 0 spiro atoms. The van der Waals surface area contributed by atoms with Gasteiger partial charge in [0.1, 0.15) is 18.7 Å². The van der Waals surface area contributed by atoms with Crippen molar-refractivity contribution in [3.05, 3.63) is 66.6 Å². The van der Waals surface area contributed by atoms with Gasteiger partial charge in [0.05, 0.1) is 12.0 Å². The Labute approximate surface area is 189 Å². The van der Waals surface area contributed by atoms with Gasteiger partial charge >= 0.3 is 0 Å². The number of nitrogens with one attached hydrogen (secondary N) is 1. The van der Waals surface area contributed by atoms with E-state index in [1.54, 1.807) is 23.1 Å². The minimum atomic E-state index is -0.0892. The summed E-state index contributed by atoms with van der Waals surface area (Å²) < 4.78 is 12.8. The monoisotopic (exact) mass is 443 g/mol. The van der Waals surface area contributed by atoms with Crippen molar-refractivity contribution in [1.29, 1.82) is 5.26 Å². The van der Waals surface area contributed by atoms with Crippen LogP contribution in [0.25, 0.3) is 17.3 Å². The first-order chi connectivity index (χ1) is 16.2. The van der Waals surface area contributed by atoms with E-state index < -0.39 is 0 Å². The highest BCUT2D eigenvalue weighted by molar-refractivity contribution is 5.79. The van der Waals surface area contributed by atoms with Crippen LogP contribution in [-0.2, 0) is 11.3 Å². The third-order valence-corrected chi connectivity index (χ3v) is 5.69. The quantitative estimate of drug-likeness (QED) is 0.482. The molecular formula is C23H21N7O3. The van der Waals surface area contributed by atoms with E-state index in [2.05, 4.69) is 26.5 Å². The molecule has 1 aromatic carbocycles. The van der Waals surface area contributed by atoms with Gasteiger partial charge in [0.25, 0.3) is 5.89 Å². The molecule has 1 aliphatic rings. The molecule has 4 aromatic rings. The zero-order valence-corrected chi connectivity index (χ0v) is 17.7. The lowest BCUT2D eigenvalue weighted by molar-refractivity contribution is -0.125. The SMILES string of the molecule is N#Cc1nc(-c2ccco2)oc1N1CCC(C(=O)NCc2ccc(-n3cncn3)cc2)CC1. The Balaban J connectivity index is 1.15. The second kappa shape index (κ2) is 9.00. The molecule has 5 rings (SSSR count). The number of carbonyl (C=O) groups is 1. The highest BCUT2D eigenvalue weighted by Crippen LogP contribution is 2.31. The lowest BCUT2D eigenvalue weighted by Crippen LogP contribution is -2.40. The van der Waals surface area contributed by atoms with E-state index in [0.717, 1.165) is 11.3 Å². The van der Waals surface area contributed by atoms with Crippen molar-refractivity contribution in [2.24, 2.45) is 5.92 Å². The van der Waals surface area contributed by atoms with Crippen LogP contribution in [0.15, 0.2) is 64.2 Å². The predicted octanol–water partition coefficient (Wildman–Crippen LogP) is 2.92. The molecule has 0 bridgehead atoms. The normalized spacial score (nSPS) is 14.2. The Morgan fingerprint density at radius 1 is 1.21 bits per heavy atom. The summed E-state index contributed by atoms with van der Waals surface area (Å²) in [6, 6.07) is 13.4. The Hall–Kier alpha value is -4.39. The summed E-state index contributed by atoms with van der Waals surface area (Å²) in [7, 11) is 0. The van der Waals surface area contributed by atoms with Crippen molar-refractivity contribution in [2.75, 3.05) is 18.0 Å². The van der Waals surface area contributed by atoms with Crippen molar-refractivity contribution in [3.8, 4) is 23.4 Å². The summed E-state index contributed by atoms with van der Waals surface area (Å²) in [5.41, 5.74) is 2.14. The summed E-state index contributed by atoms with van der Waals surface area (Å²) >= 11 is 0. The molecular weight excluding hydrogens is 422 g/mol. The number of hydrogen-bond donors (Lipinski definition) is 1. The Morgan fingerprint density at radius 2 is 2.03 bits per heavy atom. The number of nitriles is 1. The maximum atomic E-state index is 12.7. The first-order valence-electron chi connectivity index (χ1n) is 10.6. The molecule has 4 heterocycles. The number of carbonyl (C=O) groups excluding carboxylic acids is 1. The van der Waals surface area contributed by atoms with E-state index in [1.165, 1.54) is 12.6 Å². The molecule has 3 aromatic heterocycles. The number of benzene rings is 1. The van der Waals surface area contributed by atoms with E-state index in [-0.39, 0.29) is 23.4 Å². The maximum absolute atomic E-state index is 12.7. The molecule has 0 aliphatic carbocycles. The van der Waals surface area contributed by atoms with E-state index >= 15 is 0 Å². The number of nitrogens with zero attached hydrogens (tertiary/aromatic N) is 6. The molecule has 0 unspecified atom stereocenters. The van der Waals surface area contributed by atoms with Gasteiger partial charge in [0.15, 0.2) is 5.76 Å². The van der Waals surface area contributed by atoms with Crippen molar-refractivity contribution in [2.45, 2.75) is 19.4 Å². The number of furan rings is 1. The van der Waals surface area contributed by atoms with E-state index in [1.807, 2.05) is 29.2 Å². The van der Waals surface area contributed by atoms with Crippen LogP contribution in [-0.4, -0.2) is 38.7 Å². The van der Waals surface area contributed by atoms with Gasteiger partial charge < -0.3 is 19.1 Å². The molecule has 10 heteroatoms. The van der Waals surface area contributed by atoms with E-state index in [0.29, 0.717) is 44.1 Å². The number of piperidine rings is 1. The summed E-state index contributed by atoms with van der Waals surface area (Å²) in [5, 5.41) is 16.6. The molecule has 166 valence electrons. The second-order valence-electron chi connectivity index (χ2n) is 7.75. The third-order valence-electron chi connectivity index (χ3n) is 5.69. The van der Waals surface area contributed by atoms with Crippen molar-refractivity contribution < 1.29 is 13.6 Å². The van der Waals surface area contributed by atoms with Gasteiger partial charge in [-0.1, -0.05) is 12.1 Å². The zero-order valence-electron chi connectivity index (χ0n) is 17.7. The van der Waals surface area contributed by atoms with Crippen LogP contribution < -0.4 is 10.2 Å². The molecule has 0 atom stereocenters. The summed E-state index contributed by atoms with van der Waals surface area (Å²) in [6.07, 6.45) is 5.98. The Kier molecular flexibility index (Phi) is 5.59. The van der Waals surface area contributed by atoms with Crippen LogP contribution in [0.4, 0.5) is 5.88 Å². The first kappa shape index (κ1) is 20.5. The maximum Gasteiger partial charge on any atom is 0.266 e. The fourth-order valence-corrected chi connectivity index (χ4v) is 3.89. The highest BCUT2D eigenvalue weighted by Gasteiger charge is 2.29. The second-order valence-corrected chi connectivity index (χ2v) is 7.75. The molecule has 1 saturated heterocycles. The highest BCUT2D eigenvalue weighted by atomic mass is 16.4. The molecule has 1 fully saturated rings. The fraction of sp³-hybridized carbons (Fsp3) is 0.261. The number of hydrogen-bond acceptors (Lipinski definition) is 8. The largest absolute Gasteiger partial charge is 0.459 e. The van der Waals surface area contributed by atoms with Gasteiger partial charge in [-0.2, -0.15) is 15.3 Å². The Bertz CT molecular complexity index is 1250. The van der Waals surface area contributed by atoms with Gasteiger partial charge in [-0.15, -0.1) is 0 Å². The van der Waals surface area contributed by atoms with E-state index in [9.17, 15) is 10.1 Å². The van der Waals surface area contributed by atoms with Crippen LogP contribution in [0, 0.1) is 17.2 Å². The molecule has 1 N–H and O–H groups in total. The van der Waals surface area contributed by atoms with Crippen molar-refractivity contribution in [3.63, 3.8) is 0 Å². The number of rotatable bonds is 6. The lowest BCUT2D eigenvalue weighted by Gasteiger charge is -2.31. The number of amides is 1. The fourth-order valence-electron chi connectivity index (χ4n) is 3.89. The Morgan fingerprint density at radius 3 is 2.70 bits per heavy atom. The van der Waals surface area contributed by atoms with Gasteiger partial charge in [-0.05, 0) is 42.7 Å². The molecule has 0 radical (unpaired) electrons. The van der Waals surface area contributed by atoms with Crippen LogP contribution in [0.2, 0.25) is 0 Å². The molecule has 0 saturated carbocycles. The number of aromatic nitrogens is 4. The summed E-state index contributed by atoms with van der Waals surface area (Å²) in [6.45, 7) is 1.67. The van der Waals surface area contributed by atoms with Crippen LogP contribution in [0.1, 0.15) is 24.1 Å². The lowest BCUT2D eigenvalue weighted by atomic mass is 9.96. The van der Waals surface area contributed by atoms with Crippen molar-refractivity contribution >= 4 is 11.8 Å². The van der Waals surface area contributed by atoms with E-state index in [4.69, 9.17) is 8.83 Å². The van der Waals surface area contributed by atoms with Crippen LogP contribution in [0.5, 0.6) is 0 Å². The molecule has 10 nitrogen and oxygen atoms in total. The number of anilines is 1. The van der Waals surface area contributed by atoms with Gasteiger partial charge in [-0.25, -0.2) is 9.67 Å². The molecule has 33 heavy (non-hydrogen) atoms. The molecule has 1 amide bonds. The standard InChI is InChI=1S/C23H21N7O3/c24-12-19-23(33-22(28-19)20-2-1-11-32-20)29-9-7-17(8-10-29)21(31)26-13-16-3-5-18(6-4-16)30-15-25-14-27-30/h1-6,11,14-15,17H,7-10,13H2,(H,26,31). The van der Waals surface area contributed by atoms with Gasteiger partial charge in [0, 0.05) is 25.6 Å². The predicted molar refractivity (Wildman–Crippen MR) is 117 cm³/mol. The van der Waals surface area contributed by atoms with Crippen LogP contribution >= 0.6 is 0 Å². The minimum Gasteiger partial charge on any atom is -0.459 e. The first-order valence-corrected chi connectivity index (χ1v) is 10.6. The van der Waals surface area contributed by atoms with Crippen LogP contribution in [0.3, 0.4) is 0 Å². The average Bonchev–Trinajstić information content (AvgIpc) is 3.64. The minimum absolute atomic E-state index is 0.0318.